The van der Waals surface area contributed by atoms with Crippen LogP contribution in [0.4, 0.5) is 8.78 Å². The lowest BCUT2D eigenvalue weighted by Gasteiger charge is -2.33. The number of nitrogens with zero attached hydrogens (tertiary/aromatic N) is 1. The lowest BCUT2D eigenvalue weighted by Crippen LogP contribution is -2.44. The zero-order chi connectivity index (χ0) is 14.0. The molecule has 110 valence electrons. The molecule has 3 unspecified atom stereocenters. The number of carbonyl (C=O) groups is 1. The van der Waals surface area contributed by atoms with Crippen LogP contribution in [-0.4, -0.2) is 48.6 Å². The largest absolute Gasteiger partial charge is 0.456 e. The van der Waals surface area contributed by atoms with Crippen molar-refractivity contribution < 1.29 is 18.3 Å². The van der Waals surface area contributed by atoms with Gasteiger partial charge in [0.15, 0.2) is 0 Å². The molecule has 6 heteroatoms. The molecule has 2 aliphatic rings. The van der Waals surface area contributed by atoms with E-state index in [4.69, 9.17) is 10.5 Å². The lowest BCUT2D eigenvalue weighted by atomic mass is 10.0. The van der Waals surface area contributed by atoms with Crippen molar-refractivity contribution in [1.82, 2.24) is 4.90 Å². The van der Waals surface area contributed by atoms with E-state index in [1.54, 1.807) is 0 Å². The van der Waals surface area contributed by atoms with E-state index in [-0.39, 0.29) is 0 Å². The highest BCUT2D eigenvalue weighted by Crippen LogP contribution is 2.34. The van der Waals surface area contributed by atoms with Crippen LogP contribution in [0.3, 0.4) is 0 Å². The summed E-state index contributed by atoms with van der Waals surface area (Å²) in [5.74, 6) is -4.26. The van der Waals surface area contributed by atoms with Crippen LogP contribution in [0.2, 0.25) is 0 Å². The summed E-state index contributed by atoms with van der Waals surface area (Å²) >= 11 is 0. The van der Waals surface area contributed by atoms with Gasteiger partial charge >= 0.3 is 11.9 Å². The molecule has 0 amide bonds. The molecule has 0 radical (unpaired) electrons. The second-order valence-electron chi connectivity index (χ2n) is 5.52. The predicted molar refractivity (Wildman–Crippen MR) is 66.9 cm³/mol. The van der Waals surface area contributed by atoms with E-state index >= 15 is 0 Å². The van der Waals surface area contributed by atoms with Crippen LogP contribution in [0.5, 0.6) is 0 Å². The second-order valence-corrected chi connectivity index (χ2v) is 5.52. The Bertz CT molecular complexity index is 339. The predicted octanol–water partition coefficient (Wildman–Crippen LogP) is 1.39. The highest BCUT2D eigenvalue weighted by Gasteiger charge is 2.51. The Kier molecular flexibility index (Phi) is 4.40. The number of ether oxygens (including phenoxy) is 1. The minimum atomic E-state index is -3.31. The molecule has 0 aromatic carbocycles. The summed E-state index contributed by atoms with van der Waals surface area (Å²) < 4.78 is 31.1. The van der Waals surface area contributed by atoms with Crippen LogP contribution in [0.25, 0.3) is 0 Å². The summed E-state index contributed by atoms with van der Waals surface area (Å²) in [4.78, 5) is 13.1. The quantitative estimate of drug-likeness (QED) is 0.771. The molecule has 0 spiro atoms. The molecular weight excluding hydrogens is 254 g/mol. The number of halogens is 2. The van der Waals surface area contributed by atoms with Gasteiger partial charge in [-0.15, -0.1) is 0 Å². The first-order chi connectivity index (χ1) is 8.97. The van der Waals surface area contributed by atoms with E-state index in [0.717, 1.165) is 25.8 Å². The average molecular weight is 276 g/mol. The van der Waals surface area contributed by atoms with Crippen molar-refractivity contribution in [3.8, 4) is 0 Å². The van der Waals surface area contributed by atoms with Gasteiger partial charge < -0.3 is 10.5 Å². The van der Waals surface area contributed by atoms with Crippen LogP contribution in [0.1, 0.15) is 32.6 Å². The first-order valence-electron chi connectivity index (χ1n) is 7.01. The number of rotatable bonds is 5. The Hall–Kier alpha value is -0.750. The van der Waals surface area contributed by atoms with Crippen molar-refractivity contribution >= 4 is 5.97 Å². The molecule has 1 saturated carbocycles. The van der Waals surface area contributed by atoms with E-state index in [1.807, 2.05) is 6.92 Å². The zero-order valence-corrected chi connectivity index (χ0v) is 11.3. The van der Waals surface area contributed by atoms with Crippen molar-refractivity contribution in [1.29, 1.82) is 0 Å². The SMILES string of the molecule is CCN(CC1CC(F)(F)C(=O)O1)C1CCCC1CN. The summed E-state index contributed by atoms with van der Waals surface area (Å²) in [6, 6.07) is 0.336. The number of nitrogens with two attached hydrogens (primary N) is 1. The molecule has 0 bridgehead atoms. The van der Waals surface area contributed by atoms with Gasteiger partial charge in [-0.3, -0.25) is 4.90 Å². The van der Waals surface area contributed by atoms with E-state index < -0.39 is 24.4 Å². The van der Waals surface area contributed by atoms with Gasteiger partial charge in [0.25, 0.3) is 0 Å². The standard InChI is InChI=1S/C13H22F2N2O2/c1-2-17(11-5-3-4-9(11)7-16)8-10-6-13(14,15)12(18)19-10/h9-11H,2-8,16H2,1H3. The van der Waals surface area contributed by atoms with Gasteiger partial charge in [-0.05, 0) is 31.8 Å². The highest BCUT2D eigenvalue weighted by atomic mass is 19.3. The topological polar surface area (TPSA) is 55.6 Å². The molecule has 2 N–H and O–H groups in total. The van der Waals surface area contributed by atoms with Crippen LogP contribution in [0, 0.1) is 5.92 Å². The average Bonchev–Trinajstić information content (AvgIpc) is 2.91. The lowest BCUT2D eigenvalue weighted by molar-refractivity contribution is -0.159. The van der Waals surface area contributed by atoms with Gasteiger partial charge in [0, 0.05) is 12.6 Å². The third-order valence-corrected chi connectivity index (χ3v) is 4.29. The number of esters is 1. The van der Waals surface area contributed by atoms with Crippen molar-refractivity contribution in [3.05, 3.63) is 0 Å². The van der Waals surface area contributed by atoms with E-state index in [0.29, 0.717) is 25.0 Å². The third kappa shape index (κ3) is 3.05. The maximum Gasteiger partial charge on any atom is 0.377 e. The van der Waals surface area contributed by atoms with E-state index in [1.165, 1.54) is 0 Å². The normalized spacial score (nSPS) is 33.9. The Morgan fingerprint density at radius 2 is 2.21 bits per heavy atom. The summed E-state index contributed by atoms with van der Waals surface area (Å²) in [5.41, 5.74) is 5.76. The highest BCUT2D eigenvalue weighted by molar-refractivity contribution is 5.79. The first-order valence-corrected chi connectivity index (χ1v) is 7.01. The number of hydrogen-bond acceptors (Lipinski definition) is 4. The fourth-order valence-electron chi connectivity index (χ4n) is 3.28. The van der Waals surface area contributed by atoms with Crippen molar-refractivity contribution in [2.75, 3.05) is 19.6 Å². The smallest absolute Gasteiger partial charge is 0.377 e. The minimum absolute atomic E-state index is 0.336. The molecular formula is C13H22F2N2O2. The summed E-state index contributed by atoms with van der Waals surface area (Å²) in [6.07, 6.45) is 2.08. The minimum Gasteiger partial charge on any atom is -0.456 e. The van der Waals surface area contributed by atoms with Gasteiger partial charge in [-0.2, -0.15) is 8.78 Å². The van der Waals surface area contributed by atoms with E-state index in [9.17, 15) is 13.6 Å². The van der Waals surface area contributed by atoms with Gasteiger partial charge in [-0.25, -0.2) is 4.79 Å². The number of likely N-dealkylation sites (N-methyl/N-ethyl adjacent to an activating group) is 1. The Labute approximate surface area is 112 Å². The molecule has 0 aromatic heterocycles. The van der Waals surface area contributed by atoms with Crippen LogP contribution >= 0.6 is 0 Å². The molecule has 1 aliphatic carbocycles. The first kappa shape index (κ1) is 14.7. The fourth-order valence-corrected chi connectivity index (χ4v) is 3.28. The van der Waals surface area contributed by atoms with Crippen molar-refractivity contribution in [2.45, 2.75) is 50.7 Å². The molecule has 4 nitrogen and oxygen atoms in total. The summed E-state index contributed by atoms with van der Waals surface area (Å²) in [6.45, 7) is 3.78. The number of alkyl halides is 2. The van der Waals surface area contributed by atoms with Crippen molar-refractivity contribution in [3.63, 3.8) is 0 Å². The van der Waals surface area contributed by atoms with Gasteiger partial charge in [-0.1, -0.05) is 13.3 Å². The summed E-state index contributed by atoms with van der Waals surface area (Å²) in [7, 11) is 0. The Morgan fingerprint density at radius 3 is 2.74 bits per heavy atom. The van der Waals surface area contributed by atoms with Gasteiger partial charge in [0.2, 0.25) is 0 Å². The molecule has 3 atom stereocenters. The fraction of sp³-hybridized carbons (Fsp3) is 0.923. The third-order valence-electron chi connectivity index (χ3n) is 4.29. The van der Waals surface area contributed by atoms with E-state index in [2.05, 4.69) is 4.90 Å². The maximum atomic E-state index is 13.1. The maximum absolute atomic E-state index is 13.1. The zero-order valence-electron chi connectivity index (χ0n) is 11.3. The van der Waals surface area contributed by atoms with Crippen molar-refractivity contribution in [2.24, 2.45) is 11.7 Å². The number of cyclic esters (lactones) is 1. The Balaban J connectivity index is 1.95. The Morgan fingerprint density at radius 1 is 1.47 bits per heavy atom. The summed E-state index contributed by atoms with van der Waals surface area (Å²) in [5, 5.41) is 0. The second kappa shape index (κ2) is 5.71. The van der Waals surface area contributed by atoms with Gasteiger partial charge in [0.05, 0.1) is 6.42 Å². The molecule has 1 aliphatic heterocycles. The van der Waals surface area contributed by atoms with Crippen LogP contribution < -0.4 is 5.73 Å². The molecule has 2 rings (SSSR count). The van der Waals surface area contributed by atoms with Crippen LogP contribution in [-0.2, 0) is 9.53 Å². The van der Waals surface area contributed by atoms with Gasteiger partial charge in [0.1, 0.15) is 6.10 Å². The number of carbonyl (C=O) groups excluding carboxylic acids is 1. The number of hydrogen-bond donors (Lipinski definition) is 1. The molecule has 1 saturated heterocycles. The molecule has 1 heterocycles. The molecule has 19 heavy (non-hydrogen) atoms. The monoisotopic (exact) mass is 276 g/mol. The molecule has 2 fully saturated rings. The molecule has 0 aromatic rings. The van der Waals surface area contributed by atoms with Crippen LogP contribution in [0.15, 0.2) is 0 Å².